The summed E-state index contributed by atoms with van der Waals surface area (Å²) >= 11 is 5.18. The van der Waals surface area contributed by atoms with Crippen LogP contribution in [0.4, 0.5) is 30.7 Å². The molecule has 0 aliphatic heterocycles. The van der Waals surface area contributed by atoms with Crippen LogP contribution < -0.4 is 5.73 Å². The van der Waals surface area contributed by atoms with Crippen LogP contribution in [0.2, 0.25) is 0 Å². The first-order chi connectivity index (χ1) is 7.88. The highest BCUT2D eigenvalue weighted by Gasteiger charge is 2.74. The topological polar surface area (TPSA) is 38.4 Å². The zero-order chi connectivity index (χ0) is 14.8. The number of hydrogen-bond acceptors (Lipinski definition) is 1. The molecule has 2 N–H and O–H groups in total. The molecule has 0 saturated carbocycles. The van der Waals surface area contributed by atoms with Gasteiger partial charge in [-0.15, -0.1) is 0 Å². The van der Waals surface area contributed by atoms with E-state index in [-0.39, 0.29) is 6.42 Å². The minimum atomic E-state index is -6.46. The van der Waals surface area contributed by atoms with Crippen molar-refractivity contribution in [3.8, 4) is 0 Å². The summed E-state index contributed by atoms with van der Waals surface area (Å²) in [6.45, 7) is 1.51. The molecule has 0 bridgehead atoms. The molecule has 0 aliphatic rings. The fraction of sp³-hybridized carbons (Fsp3) is 0.625. The predicted molar refractivity (Wildman–Crippen MR) is 51.8 cm³/mol. The summed E-state index contributed by atoms with van der Waals surface area (Å²) in [6.07, 6.45) is -5.25. The standard InChI is InChI=1S/C8H8ClF7N2/c1-2-3-4(9)18-5(17)6(10,11)7(12,13)8(14,15)16/h3H,2H2,1H3,(H2,17,18)/b4-3+. The van der Waals surface area contributed by atoms with Crippen molar-refractivity contribution in [2.45, 2.75) is 31.4 Å². The Bertz CT molecular complexity index is 359. The molecule has 0 aliphatic carbocycles. The Balaban J connectivity index is 5.46. The lowest BCUT2D eigenvalue weighted by molar-refractivity contribution is -0.336. The molecule has 18 heavy (non-hydrogen) atoms. The maximum Gasteiger partial charge on any atom is 0.460 e. The molecule has 0 spiro atoms. The Morgan fingerprint density at radius 2 is 1.61 bits per heavy atom. The number of nitrogens with two attached hydrogens (primary N) is 1. The van der Waals surface area contributed by atoms with Gasteiger partial charge in [-0.1, -0.05) is 18.5 Å². The number of nitrogens with zero attached hydrogens (tertiary/aromatic N) is 1. The maximum atomic E-state index is 12.9. The highest BCUT2D eigenvalue weighted by atomic mass is 35.5. The van der Waals surface area contributed by atoms with E-state index in [2.05, 4.69) is 10.7 Å². The van der Waals surface area contributed by atoms with E-state index in [1.807, 2.05) is 0 Å². The Morgan fingerprint density at radius 3 is 1.94 bits per heavy atom. The minimum Gasteiger partial charge on any atom is -0.382 e. The molecule has 0 aromatic carbocycles. The van der Waals surface area contributed by atoms with Crippen molar-refractivity contribution in [2.75, 3.05) is 0 Å². The first-order valence-electron chi connectivity index (χ1n) is 4.40. The summed E-state index contributed by atoms with van der Waals surface area (Å²) in [7, 11) is 0. The summed E-state index contributed by atoms with van der Waals surface area (Å²) in [5, 5.41) is -0.701. The van der Waals surface area contributed by atoms with E-state index in [0.29, 0.717) is 0 Å². The van der Waals surface area contributed by atoms with Crippen molar-refractivity contribution in [1.82, 2.24) is 0 Å². The lowest BCUT2D eigenvalue weighted by Crippen LogP contribution is -2.58. The van der Waals surface area contributed by atoms with Crippen LogP contribution in [0.3, 0.4) is 0 Å². The normalized spacial score (nSPS) is 16.1. The van der Waals surface area contributed by atoms with Crippen molar-refractivity contribution >= 4 is 17.4 Å². The predicted octanol–water partition coefficient (Wildman–Crippen LogP) is 3.67. The largest absolute Gasteiger partial charge is 0.460 e. The van der Waals surface area contributed by atoms with Crippen LogP contribution in [-0.4, -0.2) is 23.9 Å². The van der Waals surface area contributed by atoms with E-state index in [0.717, 1.165) is 6.08 Å². The third-order valence-electron chi connectivity index (χ3n) is 1.67. The van der Waals surface area contributed by atoms with Gasteiger partial charge in [0.15, 0.2) is 5.84 Å². The minimum absolute atomic E-state index is 0.205. The Kier molecular flexibility index (Phi) is 5.04. The smallest absolute Gasteiger partial charge is 0.382 e. The van der Waals surface area contributed by atoms with Crippen LogP contribution >= 0.6 is 11.6 Å². The van der Waals surface area contributed by atoms with Gasteiger partial charge in [0.1, 0.15) is 5.16 Å². The second-order valence-corrected chi connectivity index (χ2v) is 3.47. The summed E-state index contributed by atoms with van der Waals surface area (Å²) < 4.78 is 86.1. The number of aliphatic imine (C=N–C) groups is 1. The van der Waals surface area contributed by atoms with E-state index >= 15 is 0 Å². The molecule has 0 atom stereocenters. The van der Waals surface area contributed by atoms with Gasteiger partial charge in [0, 0.05) is 0 Å². The molecule has 0 rings (SSSR count). The molecule has 106 valence electrons. The van der Waals surface area contributed by atoms with Crippen molar-refractivity contribution in [2.24, 2.45) is 10.7 Å². The van der Waals surface area contributed by atoms with Gasteiger partial charge in [-0.25, -0.2) is 4.99 Å². The SMILES string of the molecule is CC/C=C(Cl)/N=C(/N)C(F)(F)C(F)(F)C(F)(F)F. The molecule has 0 heterocycles. The number of rotatable bonds is 4. The van der Waals surface area contributed by atoms with Crippen LogP contribution in [-0.2, 0) is 0 Å². The number of alkyl halides is 7. The average Bonchev–Trinajstić information content (AvgIpc) is 2.15. The lowest BCUT2D eigenvalue weighted by atomic mass is 10.1. The van der Waals surface area contributed by atoms with Gasteiger partial charge in [-0.3, -0.25) is 0 Å². The highest BCUT2D eigenvalue weighted by molar-refractivity contribution is 6.30. The highest BCUT2D eigenvalue weighted by Crippen LogP contribution is 2.46. The Morgan fingerprint density at radius 1 is 1.17 bits per heavy atom. The van der Waals surface area contributed by atoms with Gasteiger partial charge in [0.2, 0.25) is 0 Å². The van der Waals surface area contributed by atoms with Crippen LogP contribution in [0, 0.1) is 0 Å². The molecule has 10 heteroatoms. The van der Waals surface area contributed by atoms with Crippen molar-refractivity contribution in [3.05, 3.63) is 11.2 Å². The molecule has 0 radical (unpaired) electrons. The van der Waals surface area contributed by atoms with E-state index < -0.39 is 29.0 Å². The van der Waals surface area contributed by atoms with Gasteiger partial charge in [0.05, 0.1) is 0 Å². The third-order valence-corrected chi connectivity index (χ3v) is 1.91. The maximum absolute atomic E-state index is 12.9. The first-order valence-corrected chi connectivity index (χ1v) is 4.78. The molecular weight excluding hydrogens is 293 g/mol. The summed E-state index contributed by atoms with van der Waals surface area (Å²) in [6, 6.07) is 0. The van der Waals surface area contributed by atoms with E-state index in [1.54, 1.807) is 0 Å². The van der Waals surface area contributed by atoms with E-state index in [1.165, 1.54) is 6.92 Å². The van der Waals surface area contributed by atoms with Gasteiger partial charge in [-0.2, -0.15) is 30.7 Å². The Labute approximate surface area is 102 Å². The van der Waals surface area contributed by atoms with Crippen molar-refractivity contribution < 1.29 is 30.7 Å². The quantitative estimate of drug-likeness (QED) is 0.366. The Hall–Kier alpha value is -0.990. The number of amidine groups is 1. The van der Waals surface area contributed by atoms with Crippen molar-refractivity contribution in [3.63, 3.8) is 0 Å². The van der Waals surface area contributed by atoms with Gasteiger partial charge >= 0.3 is 18.0 Å². The van der Waals surface area contributed by atoms with Crippen LogP contribution in [0.15, 0.2) is 16.2 Å². The first kappa shape index (κ1) is 17.0. The molecule has 0 amide bonds. The summed E-state index contributed by atoms with van der Waals surface area (Å²) in [5.41, 5.74) is 4.46. The second-order valence-electron chi connectivity index (χ2n) is 3.08. The van der Waals surface area contributed by atoms with Crippen molar-refractivity contribution in [1.29, 1.82) is 0 Å². The zero-order valence-electron chi connectivity index (χ0n) is 8.83. The van der Waals surface area contributed by atoms with Gasteiger partial charge in [0.25, 0.3) is 0 Å². The van der Waals surface area contributed by atoms with Crippen LogP contribution in [0.25, 0.3) is 0 Å². The molecule has 0 fully saturated rings. The van der Waals surface area contributed by atoms with E-state index in [9.17, 15) is 30.7 Å². The second kappa shape index (κ2) is 5.33. The average molecular weight is 301 g/mol. The monoisotopic (exact) mass is 300 g/mol. The molecule has 0 aromatic rings. The summed E-state index contributed by atoms with van der Waals surface area (Å²) in [4.78, 5) is 2.61. The van der Waals surface area contributed by atoms with Gasteiger partial charge in [-0.05, 0) is 12.5 Å². The number of hydrogen-bond donors (Lipinski definition) is 1. The molecule has 0 aromatic heterocycles. The van der Waals surface area contributed by atoms with E-state index in [4.69, 9.17) is 11.6 Å². The molecular formula is C8H8ClF7N2. The molecule has 2 nitrogen and oxygen atoms in total. The zero-order valence-corrected chi connectivity index (χ0v) is 9.59. The fourth-order valence-electron chi connectivity index (χ4n) is 0.738. The number of allylic oxidation sites excluding steroid dienone is 1. The van der Waals surface area contributed by atoms with Crippen LogP contribution in [0.5, 0.6) is 0 Å². The van der Waals surface area contributed by atoms with Crippen LogP contribution in [0.1, 0.15) is 13.3 Å². The number of halogens is 8. The van der Waals surface area contributed by atoms with Gasteiger partial charge < -0.3 is 5.73 Å². The summed E-state index contributed by atoms with van der Waals surface area (Å²) in [5.74, 6) is -14.2. The molecule has 0 unspecified atom stereocenters. The lowest BCUT2D eigenvalue weighted by Gasteiger charge is -2.27. The fourth-order valence-corrected chi connectivity index (χ4v) is 0.984. The molecule has 0 saturated heterocycles. The third kappa shape index (κ3) is 3.27.